The van der Waals surface area contributed by atoms with Gasteiger partial charge in [0.05, 0.1) is 10.9 Å². The van der Waals surface area contributed by atoms with E-state index in [9.17, 15) is 19.8 Å². The van der Waals surface area contributed by atoms with Gasteiger partial charge in [-0.3, -0.25) is 14.2 Å². The van der Waals surface area contributed by atoms with Crippen LogP contribution in [0.4, 0.5) is 4.39 Å². The summed E-state index contributed by atoms with van der Waals surface area (Å²) in [5.74, 6) is -3.20. The molecule has 0 saturated heterocycles. The number of aliphatic carboxylic acids is 1. The number of carboxylic acids is 1. The van der Waals surface area contributed by atoms with E-state index in [4.69, 9.17) is 11.6 Å². The second kappa shape index (κ2) is 7.13. The molecule has 7 heteroatoms. The summed E-state index contributed by atoms with van der Waals surface area (Å²) in [5, 5.41) is 20.5. The Bertz CT molecular complexity index is 1190. The zero-order chi connectivity index (χ0) is 22.6. The van der Waals surface area contributed by atoms with Crippen molar-refractivity contribution >= 4 is 34.4 Å². The Hall–Kier alpha value is -2.86. The van der Waals surface area contributed by atoms with Crippen LogP contribution in [0.25, 0.3) is 10.9 Å². The van der Waals surface area contributed by atoms with E-state index in [1.54, 1.807) is 45.9 Å². The van der Waals surface area contributed by atoms with Crippen LogP contribution in [-0.2, 0) is 10.2 Å². The molecule has 1 heterocycles. The molecule has 158 valence electrons. The third kappa shape index (κ3) is 3.06. The first-order chi connectivity index (χ1) is 13.8. The molecule has 3 rings (SSSR count). The van der Waals surface area contributed by atoms with Crippen LogP contribution in [-0.4, -0.2) is 26.7 Å². The molecule has 0 amide bonds. The zero-order valence-electron chi connectivity index (χ0n) is 17.4. The quantitative estimate of drug-likeness (QED) is 0.571. The minimum atomic E-state index is -1.55. The molecule has 0 fully saturated rings. The lowest BCUT2D eigenvalue weighted by molar-refractivity contribution is -0.147. The van der Waals surface area contributed by atoms with Gasteiger partial charge in [0.15, 0.2) is 11.6 Å². The normalized spacial score (nSPS) is 14.0. The molecular weight excluding hydrogens is 409 g/mol. The maximum Gasteiger partial charge on any atom is 0.314 e. The van der Waals surface area contributed by atoms with Gasteiger partial charge in [0, 0.05) is 27.2 Å². The molecule has 0 aliphatic carbocycles. The van der Waals surface area contributed by atoms with Crippen molar-refractivity contribution in [3.63, 3.8) is 0 Å². The molecule has 0 spiro atoms. The minimum Gasteiger partial charge on any atom is -0.505 e. The van der Waals surface area contributed by atoms with Crippen LogP contribution < -0.4 is 0 Å². The summed E-state index contributed by atoms with van der Waals surface area (Å²) >= 11 is 6.03. The summed E-state index contributed by atoms with van der Waals surface area (Å²) in [7, 11) is 0. The number of phenolic OH excluding ortho intramolecular Hbond substituents is 1. The van der Waals surface area contributed by atoms with Crippen LogP contribution in [0.3, 0.4) is 0 Å². The lowest BCUT2D eigenvalue weighted by Crippen LogP contribution is -2.45. The minimum absolute atomic E-state index is 0.0808. The van der Waals surface area contributed by atoms with E-state index in [0.29, 0.717) is 10.7 Å². The molecule has 1 atom stereocenters. The van der Waals surface area contributed by atoms with Gasteiger partial charge in [0.2, 0.25) is 0 Å². The molecule has 0 bridgehead atoms. The Labute approximate surface area is 178 Å². The molecule has 0 aliphatic rings. The highest BCUT2D eigenvalue weighted by Crippen LogP contribution is 2.48. The molecule has 5 nitrogen and oxygen atoms in total. The molecule has 0 saturated carbocycles. The van der Waals surface area contributed by atoms with Gasteiger partial charge >= 0.3 is 5.97 Å². The van der Waals surface area contributed by atoms with Gasteiger partial charge in [-0.25, -0.2) is 4.39 Å². The van der Waals surface area contributed by atoms with Crippen molar-refractivity contribution in [2.75, 3.05) is 0 Å². The fourth-order valence-corrected chi connectivity index (χ4v) is 4.07. The highest BCUT2D eigenvalue weighted by molar-refractivity contribution is 6.31. The first-order valence-electron chi connectivity index (χ1n) is 9.39. The van der Waals surface area contributed by atoms with E-state index in [0.717, 1.165) is 6.07 Å². The summed E-state index contributed by atoms with van der Waals surface area (Å²) in [5.41, 5.74) is -1.49. The van der Waals surface area contributed by atoms with Crippen LogP contribution in [0.2, 0.25) is 5.02 Å². The molecule has 0 radical (unpaired) electrons. The largest absolute Gasteiger partial charge is 0.505 e. The van der Waals surface area contributed by atoms with Crippen LogP contribution in [0, 0.1) is 18.2 Å². The monoisotopic (exact) mass is 431 g/mol. The number of nitrogens with zero attached hydrogens (tertiary/aromatic N) is 1. The molecule has 2 aromatic carbocycles. The van der Waals surface area contributed by atoms with E-state index in [-0.39, 0.29) is 22.0 Å². The van der Waals surface area contributed by atoms with Crippen LogP contribution in [0.5, 0.6) is 5.75 Å². The Morgan fingerprint density at radius 2 is 1.73 bits per heavy atom. The Morgan fingerprint density at radius 1 is 1.10 bits per heavy atom. The van der Waals surface area contributed by atoms with Crippen molar-refractivity contribution in [3.05, 3.63) is 64.1 Å². The average Bonchev–Trinajstić information content (AvgIpc) is 2.95. The number of halogens is 2. The third-order valence-corrected chi connectivity index (χ3v) is 6.23. The molecule has 0 unspecified atom stereocenters. The van der Waals surface area contributed by atoms with Crippen molar-refractivity contribution in [1.29, 1.82) is 0 Å². The van der Waals surface area contributed by atoms with Crippen LogP contribution >= 0.6 is 11.6 Å². The Morgan fingerprint density at radius 3 is 2.27 bits per heavy atom. The number of fused-ring (bicyclic) bond motifs is 1. The van der Waals surface area contributed by atoms with Crippen LogP contribution in [0.15, 0.2) is 36.4 Å². The number of phenols is 1. The van der Waals surface area contributed by atoms with E-state index in [1.165, 1.54) is 23.6 Å². The average molecular weight is 432 g/mol. The number of rotatable bonds is 3. The predicted molar refractivity (Wildman–Crippen MR) is 114 cm³/mol. The number of aromatic nitrogens is 1. The summed E-state index contributed by atoms with van der Waals surface area (Å²) in [6, 6.07) is 8.89. The maximum absolute atomic E-state index is 15.2. The topological polar surface area (TPSA) is 79.5 Å². The number of aromatic hydroxyl groups is 1. The number of carboxylic acid groups (broad SMARTS) is 1. The summed E-state index contributed by atoms with van der Waals surface area (Å²) in [4.78, 5) is 25.8. The van der Waals surface area contributed by atoms with Crippen molar-refractivity contribution in [2.45, 2.75) is 40.0 Å². The number of hydrogen-bond donors (Lipinski definition) is 2. The molecule has 2 N–H and O–H groups in total. The highest BCUT2D eigenvalue weighted by atomic mass is 35.5. The van der Waals surface area contributed by atoms with Crippen molar-refractivity contribution < 1.29 is 24.2 Å². The SMILES string of the molecule is Cc1c([C@](C)(C(=O)O)C(C)(C)C)c2c(F)c(O)ccc2n1C(=O)c1cccc(Cl)c1. The van der Waals surface area contributed by atoms with Crippen molar-refractivity contribution in [2.24, 2.45) is 5.41 Å². The summed E-state index contributed by atoms with van der Waals surface area (Å²) < 4.78 is 16.5. The Balaban J connectivity index is 2.49. The molecule has 3 aromatic rings. The fraction of sp³-hybridized carbons (Fsp3) is 0.304. The first kappa shape index (κ1) is 21.8. The predicted octanol–water partition coefficient (Wildman–Crippen LogP) is 5.52. The van der Waals surface area contributed by atoms with Gasteiger partial charge in [-0.1, -0.05) is 38.4 Å². The number of carbonyl (C=O) groups excluding carboxylic acids is 1. The highest BCUT2D eigenvalue weighted by Gasteiger charge is 2.49. The second-order valence-corrected chi connectivity index (χ2v) is 9.02. The van der Waals surface area contributed by atoms with E-state index in [2.05, 4.69) is 0 Å². The van der Waals surface area contributed by atoms with Crippen LogP contribution in [0.1, 0.15) is 49.3 Å². The number of carbonyl (C=O) groups is 2. The molecule has 1 aromatic heterocycles. The van der Waals surface area contributed by atoms with E-state index < -0.39 is 34.3 Å². The maximum atomic E-state index is 15.2. The van der Waals surface area contributed by atoms with Gasteiger partial charge in [0.1, 0.15) is 0 Å². The lowest BCUT2D eigenvalue weighted by atomic mass is 9.63. The third-order valence-electron chi connectivity index (χ3n) is 5.99. The van der Waals surface area contributed by atoms with Crippen molar-refractivity contribution in [1.82, 2.24) is 4.57 Å². The van der Waals surface area contributed by atoms with Gasteiger partial charge < -0.3 is 10.2 Å². The molecular formula is C23H23ClFNO4. The second-order valence-electron chi connectivity index (χ2n) is 8.58. The molecule has 0 aliphatic heterocycles. The molecule has 30 heavy (non-hydrogen) atoms. The van der Waals surface area contributed by atoms with Gasteiger partial charge in [0.25, 0.3) is 5.91 Å². The van der Waals surface area contributed by atoms with Gasteiger partial charge in [-0.2, -0.15) is 0 Å². The van der Waals surface area contributed by atoms with Gasteiger partial charge in [-0.05, 0) is 49.6 Å². The lowest BCUT2D eigenvalue weighted by Gasteiger charge is -2.39. The van der Waals surface area contributed by atoms with Crippen molar-refractivity contribution in [3.8, 4) is 5.75 Å². The van der Waals surface area contributed by atoms with E-state index in [1.807, 2.05) is 0 Å². The smallest absolute Gasteiger partial charge is 0.314 e. The Kier molecular flexibility index (Phi) is 5.19. The standard InChI is InChI=1S/C23H23ClFNO4/c1-12-18(23(5,21(29)30)22(2,3)4)17-15(9-10-16(27)19(17)25)26(12)20(28)13-7-6-8-14(24)11-13/h6-11,27H,1-5H3,(H,29,30)/t23-/m1/s1. The number of hydrogen-bond acceptors (Lipinski definition) is 3. The summed E-state index contributed by atoms with van der Waals surface area (Å²) in [6.45, 7) is 8.31. The summed E-state index contributed by atoms with van der Waals surface area (Å²) in [6.07, 6.45) is 0. The first-order valence-corrected chi connectivity index (χ1v) is 9.76. The number of benzene rings is 2. The fourth-order valence-electron chi connectivity index (χ4n) is 3.88. The van der Waals surface area contributed by atoms with Gasteiger partial charge in [-0.15, -0.1) is 0 Å². The zero-order valence-corrected chi connectivity index (χ0v) is 18.1. The van der Waals surface area contributed by atoms with E-state index >= 15 is 4.39 Å².